The molecular weight excluding hydrogens is 236 g/mol. The second-order valence-electron chi connectivity index (χ2n) is 5.49. The lowest BCUT2D eigenvalue weighted by molar-refractivity contribution is -0.138. The van der Waals surface area contributed by atoms with E-state index in [4.69, 9.17) is 0 Å². The van der Waals surface area contributed by atoms with E-state index in [0.29, 0.717) is 19.4 Å². The highest BCUT2D eigenvalue weighted by atomic mass is 16.2. The quantitative estimate of drug-likeness (QED) is 0.834. The fourth-order valence-corrected chi connectivity index (χ4v) is 2.83. The number of nitrogens with zero attached hydrogens (tertiary/aromatic N) is 2. The van der Waals surface area contributed by atoms with E-state index in [1.807, 2.05) is 31.2 Å². The van der Waals surface area contributed by atoms with Crippen LogP contribution >= 0.6 is 0 Å². The molecule has 0 aromatic heterocycles. The topological polar surface area (TPSA) is 44.1 Å². The van der Waals surface area contributed by atoms with Crippen LogP contribution in [0.15, 0.2) is 24.3 Å². The van der Waals surface area contributed by atoms with Crippen LogP contribution in [0.2, 0.25) is 0 Å². The van der Waals surface area contributed by atoms with Crippen molar-refractivity contribution in [3.63, 3.8) is 0 Å². The van der Waals surface area contributed by atoms with Gasteiger partial charge in [-0.3, -0.25) is 4.79 Å². The third kappa shape index (κ3) is 2.63. The van der Waals surface area contributed by atoms with Crippen molar-refractivity contribution in [1.82, 2.24) is 4.90 Å². The Morgan fingerprint density at radius 1 is 1.37 bits per heavy atom. The summed E-state index contributed by atoms with van der Waals surface area (Å²) >= 11 is 0. The van der Waals surface area contributed by atoms with Crippen molar-refractivity contribution >= 4 is 5.91 Å². The third-order valence-electron chi connectivity index (χ3n) is 4.10. The number of carbonyl (C=O) groups is 1. The first-order valence-electron chi connectivity index (χ1n) is 6.80. The molecule has 1 fully saturated rings. The van der Waals surface area contributed by atoms with Gasteiger partial charge in [-0.1, -0.05) is 37.1 Å². The van der Waals surface area contributed by atoms with Crippen LogP contribution in [0.4, 0.5) is 0 Å². The van der Waals surface area contributed by atoms with Gasteiger partial charge < -0.3 is 4.90 Å². The van der Waals surface area contributed by atoms with Crippen LogP contribution in [-0.2, 0) is 11.3 Å². The van der Waals surface area contributed by atoms with E-state index in [-0.39, 0.29) is 5.91 Å². The summed E-state index contributed by atoms with van der Waals surface area (Å²) in [7, 11) is 1.80. The highest BCUT2D eigenvalue weighted by Gasteiger charge is 2.43. The average molecular weight is 256 g/mol. The van der Waals surface area contributed by atoms with E-state index in [0.717, 1.165) is 18.4 Å². The molecule has 0 bridgehead atoms. The summed E-state index contributed by atoms with van der Waals surface area (Å²) in [5.41, 5.74) is 1.56. The second-order valence-corrected chi connectivity index (χ2v) is 5.49. The summed E-state index contributed by atoms with van der Waals surface area (Å²) in [5.74, 6) is -0.0178. The zero-order valence-corrected chi connectivity index (χ0v) is 11.6. The standard InChI is InChI=1S/C16H20N2O/c1-13-7-3-4-8-14(13)11-18(2)15(19)16(12-17)9-5-6-10-16/h3-4,7-8H,5-6,9-11H2,1-2H3. The molecule has 0 heterocycles. The number of aryl methyl sites for hydroxylation is 1. The Morgan fingerprint density at radius 2 is 2.00 bits per heavy atom. The molecule has 3 nitrogen and oxygen atoms in total. The molecule has 2 rings (SSSR count). The average Bonchev–Trinajstić information content (AvgIpc) is 2.90. The minimum absolute atomic E-state index is 0.0178. The van der Waals surface area contributed by atoms with Crippen LogP contribution in [0, 0.1) is 23.7 Å². The lowest BCUT2D eigenvalue weighted by Gasteiger charge is -2.27. The molecule has 0 atom stereocenters. The van der Waals surface area contributed by atoms with Crippen molar-refractivity contribution in [2.45, 2.75) is 39.2 Å². The molecular formula is C16H20N2O. The highest BCUT2D eigenvalue weighted by Crippen LogP contribution is 2.39. The van der Waals surface area contributed by atoms with Crippen LogP contribution in [-0.4, -0.2) is 17.9 Å². The van der Waals surface area contributed by atoms with Crippen LogP contribution < -0.4 is 0 Å². The minimum atomic E-state index is -0.766. The van der Waals surface area contributed by atoms with Crippen LogP contribution in [0.5, 0.6) is 0 Å². The molecule has 1 aliphatic rings. The van der Waals surface area contributed by atoms with E-state index < -0.39 is 5.41 Å². The Morgan fingerprint density at radius 3 is 2.58 bits per heavy atom. The fraction of sp³-hybridized carbons (Fsp3) is 0.500. The molecule has 1 aliphatic carbocycles. The summed E-state index contributed by atoms with van der Waals surface area (Å²) in [6.07, 6.45) is 3.38. The van der Waals surface area contributed by atoms with Gasteiger partial charge in [0.2, 0.25) is 5.91 Å². The van der Waals surface area contributed by atoms with Crippen molar-refractivity contribution in [3.8, 4) is 6.07 Å². The Hall–Kier alpha value is -1.82. The highest BCUT2D eigenvalue weighted by molar-refractivity contribution is 5.85. The van der Waals surface area contributed by atoms with Gasteiger partial charge in [-0.2, -0.15) is 5.26 Å². The van der Waals surface area contributed by atoms with Gasteiger partial charge in [0.1, 0.15) is 5.41 Å². The molecule has 0 radical (unpaired) electrons. The Labute approximate surface area is 114 Å². The number of benzene rings is 1. The van der Waals surface area contributed by atoms with Gasteiger partial charge in [-0.15, -0.1) is 0 Å². The summed E-state index contributed by atoms with van der Waals surface area (Å²) in [4.78, 5) is 14.2. The van der Waals surface area contributed by atoms with Crippen molar-refractivity contribution in [3.05, 3.63) is 35.4 Å². The summed E-state index contributed by atoms with van der Waals surface area (Å²) in [6, 6.07) is 10.3. The number of nitriles is 1. The molecule has 19 heavy (non-hydrogen) atoms. The van der Waals surface area contributed by atoms with Crippen molar-refractivity contribution in [2.24, 2.45) is 5.41 Å². The molecule has 1 saturated carbocycles. The SMILES string of the molecule is Cc1ccccc1CN(C)C(=O)C1(C#N)CCCC1. The Bertz CT molecular complexity index is 510. The number of amides is 1. The van der Waals surface area contributed by atoms with E-state index in [2.05, 4.69) is 6.07 Å². The van der Waals surface area contributed by atoms with Gasteiger partial charge in [-0.25, -0.2) is 0 Å². The van der Waals surface area contributed by atoms with E-state index >= 15 is 0 Å². The molecule has 0 spiro atoms. The second kappa shape index (κ2) is 5.44. The maximum atomic E-state index is 12.5. The maximum Gasteiger partial charge on any atom is 0.243 e. The van der Waals surface area contributed by atoms with Gasteiger partial charge in [0.15, 0.2) is 0 Å². The zero-order chi connectivity index (χ0) is 13.9. The first-order chi connectivity index (χ1) is 9.09. The molecule has 0 unspecified atom stereocenters. The summed E-state index contributed by atoms with van der Waals surface area (Å²) < 4.78 is 0. The van der Waals surface area contributed by atoms with E-state index in [1.165, 1.54) is 5.56 Å². The largest absolute Gasteiger partial charge is 0.340 e. The van der Waals surface area contributed by atoms with Crippen molar-refractivity contribution in [2.75, 3.05) is 7.05 Å². The number of rotatable bonds is 3. The van der Waals surface area contributed by atoms with Gasteiger partial charge in [-0.05, 0) is 30.9 Å². The molecule has 1 amide bonds. The minimum Gasteiger partial charge on any atom is -0.340 e. The fourth-order valence-electron chi connectivity index (χ4n) is 2.83. The lowest BCUT2D eigenvalue weighted by atomic mass is 9.86. The predicted octanol–water partition coefficient (Wildman–Crippen LogP) is 3.04. The lowest BCUT2D eigenvalue weighted by Crippen LogP contribution is -2.39. The number of hydrogen-bond acceptors (Lipinski definition) is 2. The molecule has 100 valence electrons. The zero-order valence-electron chi connectivity index (χ0n) is 11.6. The maximum absolute atomic E-state index is 12.5. The molecule has 3 heteroatoms. The van der Waals surface area contributed by atoms with E-state index in [1.54, 1.807) is 11.9 Å². The first-order valence-corrected chi connectivity index (χ1v) is 6.80. The normalized spacial score (nSPS) is 16.9. The first kappa shape index (κ1) is 13.6. The molecule has 1 aromatic rings. The van der Waals surface area contributed by atoms with Gasteiger partial charge >= 0.3 is 0 Å². The number of carbonyl (C=O) groups excluding carboxylic acids is 1. The molecule has 0 saturated heterocycles. The smallest absolute Gasteiger partial charge is 0.243 e. The van der Waals surface area contributed by atoms with E-state index in [9.17, 15) is 10.1 Å². The molecule has 0 N–H and O–H groups in total. The van der Waals surface area contributed by atoms with Crippen LogP contribution in [0.1, 0.15) is 36.8 Å². The monoisotopic (exact) mass is 256 g/mol. The van der Waals surface area contributed by atoms with Crippen molar-refractivity contribution in [1.29, 1.82) is 5.26 Å². The molecule has 1 aromatic carbocycles. The van der Waals surface area contributed by atoms with Gasteiger partial charge in [0.25, 0.3) is 0 Å². The summed E-state index contributed by atoms with van der Waals surface area (Å²) in [6.45, 7) is 2.62. The summed E-state index contributed by atoms with van der Waals surface area (Å²) in [5, 5.41) is 9.36. The third-order valence-corrected chi connectivity index (χ3v) is 4.10. The van der Waals surface area contributed by atoms with Gasteiger partial charge in [0.05, 0.1) is 6.07 Å². The van der Waals surface area contributed by atoms with Gasteiger partial charge in [0, 0.05) is 13.6 Å². The van der Waals surface area contributed by atoms with Crippen LogP contribution in [0.3, 0.4) is 0 Å². The van der Waals surface area contributed by atoms with Crippen molar-refractivity contribution < 1.29 is 4.79 Å². The number of hydrogen-bond donors (Lipinski definition) is 0. The Balaban J connectivity index is 2.12. The Kier molecular flexibility index (Phi) is 3.90. The predicted molar refractivity (Wildman–Crippen MR) is 74.2 cm³/mol. The van der Waals surface area contributed by atoms with Crippen LogP contribution in [0.25, 0.3) is 0 Å². The molecule has 0 aliphatic heterocycles.